The van der Waals surface area contributed by atoms with Gasteiger partial charge in [-0.25, -0.2) is 0 Å². The summed E-state index contributed by atoms with van der Waals surface area (Å²) < 4.78 is 7.51. The third-order valence-corrected chi connectivity index (χ3v) is 6.61. The summed E-state index contributed by atoms with van der Waals surface area (Å²) in [5, 5.41) is 3.23. The monoisotopic (exact) mass is 417 g/mol. The van der Waals surface area contributed by atoms with E-state index in [-0.39, 0.29) is 17.9 Å². The summed E-state index contributed by atoms with van der Waals surface area (Å²) in [4.78, 5) is 29.1. The molecule has 0 radical (unpaired) electrons. The second kappa shape index (κ2) is 7.45. The fraction of sp³-hybridized carbons (Fsp3) is 0.360. The first-order chi connectivity index (χ1) is 15.0. The van der Waals surface area contributed by atoms with Gasteiger partial charge in [0.2, 0.25) is 5.91 Å². The lowest BCUT2D eigenvalue weighted by molar-refractivity contribution is -0.127. The number of nitrogens with zero attached hydrogens (tertiary/aromatic N) is 2. The van der Waals surface area contributed by atoms with Crippen molar-refractivity contribution in [2.75, 3.05) is 4.90 Å². The predicted octanol–water partition coefficient (Wildman–Crippen LogP) is 4.53. The van der Waals surface area contributed by atoms with Crippen molar-refractivity contribution in [1.82, 2.24) is 9.88 Å². The standard InChI is InChI=1S/C25H27N3O3/c1-17-9-11-19(12-10-17)28-23(29)21-14-13-20(22-8-5-15-31-22)27(21)16-25(28,2)24(30)26-18-6-3-4-7-18/h5,8-15,18H,3-4,6-7,16H2,1-2H3,(H,26,30)/t25-/m1/s1. The average Bonchev–Trinajstić information content (AvgIpc) is 3.50. The Hall–Kier alpha value is -3.28. The van der Waals surface area contributed by atoms with Crippen molar-refractivity contribution < 1.29 is 14.0 Å². The second-order valence-electron chi connectivity index (χ2n) is 8.87. The van der Waals surface area contributed by atoms with Crippen LogP contribution in [0.4, 0.5) is 5.69 Å². The minimum atomic E-state index is -1.07. The topological polar surface area (TPSA) is 67.5 Å². The first-order valence-electron chi connectivity index (χ1n) is 10.9. The van der Waals surface area contributed by atoms with Gasteiger partial charge in [0.25, 0.3) is 5.91 Å². The number of carbonyl (C=O) groups is 2. The number of rotatable bonds is 4. The molecule has 0 bridgehead atoms. The number of anilines is 1. The molecule has 31 heavy (non-hydrogen) atoms. The van der Waals surface area contributed by atoms with E-state index < -0.39 is 5.54 Å². The Morgan fingerprint density at radius 3 is 2.45 bits per heavy atom. The summed E-state index contributed by atoms with van der Waals surface area (Å²) in [6, 6.07) is 15.4. The van der Waals surface area contributed by atoms with Gasteiger partial charge in [-0.1, -0.05) is 30.5 Å². The summed E-state index contributed by atoms with van der Waals surface area (Å²) in [5.41, 5.74) is 2.12. The molecule has 5 rings (SSSR count). The SMILES string of the molecule is Cc1ccc(N2C(=O)c3ccc(-c4ccco4)n3C[C@]2(C)C(=O)NC2CCCC2)cc1. The molecular weight excluding hydrogens is 390 g/mol. The third kappa shape index (κ3) is 3.26. The van der Waals surface area contributed by atoms with Gasteiger partial charge in [-0.3, -0.25) is 14.5 Å². The molecule has 2 aliphatic rings. The van der Waals surface area contributed by atoms with Gasteiger partial charge in [-0.2, -0.15) is 0 Å². The highest BCUT2D eigenvalue weighted by atomic mass is 16.3. The highest BCUT2D eigenvalue weighted by Gasteiger charge is 2.49. The number of aromatic nitrogens is 1. The number of benzene rings is 1. The lowest BCUT2D eigenvalue weighted by atomic mass is 9.93. The molecule has 6 nitrogen and oxygen atoms in total. The zero-order valence-corrected chi connectivity index (χ0v) is 17.9. The smallest absolute Gasteiger partial charge is 0.275 e. The van der Waals surface area contributed by atoms with E-state index in [1.165, 1.54) is 0 Å². The number of amides is 2. The van der Waals surface area contributed by atoms with Crippen LogP contribution in [0.15, 0.2) is 59.2 Å². The molecular formula is C25H27N3O3. The minimum Gasteiger partial charge on any atom is -0.463 e. The van der Waals surface area contributed by atoms with E-state index in [4.69, 9.17) is 4.42 Å². The molecule has 1 aliphatic heterocycles. The Morgan fingerprint density at radius 2 is 1.77 bits per heavy atom. The van der Waals surface area contributed by atoms with E-state index in [1.807, 2.05) is 66.9 Å². The van der Waals surface area contributed by atoms with Crippen LogP contribution < -0.4 is 10.2 Å². The molecule has 1 aliphatic carbocycles. The van der Waals surface area contributed by atoms with Crippen molar-refractivity contribution >= 4 is 17.5 Å². The lowest BCUT2D eigenvalue weighted by Gasteiger charge is -2.44. The van der Waals surface area contributed by atoms with Gasteiger partial charge in [0.15, 0.2) is 0 Å². The Kier molecular flexibility index (Phi) is 4.73. The molecule has 1 saturated carbocycles. The summed E-state index contributed by atoms with van der Waals surface area (Å²) in [7, 11) is 0. The maximum Gasteiger partial charge on any atom is 0.275 e. The molecule has 0 spiro atoms. The molecule has 2 amide bonds. The van der Waals surface area contributed by atoms with Crippen LogP contribution >= 0.6 is 0 Å². The van der Waals surface area contributed by atoms with Gasteiger partial charge in [0.05, 0.1) is 18.5 Å². The zero-order chi connectivity index (χ0) is 21.6. The number of carbonyl (C=O) groups excluding carboxylic acids is 2. The average molecular weight is 418 g/mol. The number of aryl methyl sites for hydroxylation is 1. The van der Waals surface area contributed by atoms with E-state index in [0.717, 1.165) is 42.6 Å². The van der Waals surface area contributed by atoms with E-state index in [0.29, 0.717) is 18.0 Å². The van der Waals surface area contributed by atoms with Crippen molar-refractivity contribution in [3.05, 3.63) is 66.1 Å². The van der Waals surface area contributed by atoms with Crippen molar-refractivity contribution in [3.63, 3.8) is 0 Å². The van der Waals surface area contributed by atoms with Gasteiger partial charge in [-0.05, 0) is 63.1 Å². The highest BCUT2D eigenvalue weighted by molar-refractivity contribution is 6.12. The highest BCUT2D eigenvalue weighted by Crippen LogP contribution is 2.37. The third-order valence-electron chi connectivity index (χ3n) is 6.61. The number of fused-ring (bicyclic) bond motifs is 1. The molecule has 3 heterocycles. The fourth-order valence-corrected chi connectivity index (χ4v) is 4.86. The van der Waals surface area contributed by atoms with Crippen LogP contribution in [0.5, 0.6) is 0 Å². The normalized spacial score (nSPS) is 21.4. The molecule has 0 unspecified atom stereocenters. The molecule has 1 fully saturated rings. The summed E-state index contributed by atoms with van der Waals surface area (Å²) in [5.74, 6) is 0.386. The van der Waals surface area contributed by atoms with Crippen molar-refractivity contribution in [1.29, 1.82) is 0 Å². The van der Waals surface area contributed by atoms with Gasteiger partial charge in [-0.15, -0.1) is 0 Å². The van der Waals surface area contributed by atoms with Gasteiger partial charge < -0.3 is 14.3 Å². The van der Waals surface area contributed by atoms with Crippen LogP contribution in [0.2, 0.25) is 0 Å². The Morgan fingerprint density at radius 1 is 1.06 bits per heavy atom. The number of furan rings is 1. The Labute approximate surface area is 181 Å². The predicted molar refractivity (Wildman–Crippen MR) is 119 cm³/mol. The van der Waals surface area contributed by atoms with E-state index in [9.17, 15) is 9.59 Å². The van der Waals surface area contributed by atoms with Crippen molar-refractivity contribution in [3.8, 4) is 11.5 Å². The molecule has 0 saturated heterocycles. The van der Waals surface area contributed by atoms with Gasteiger partial charge >= 0.3 is 0 Å². The van der Waals surface area contributed by atoms with Crippen LogP contribution in [0.25, 0.3) is 11.5 Å². The molecule has 160 valence electrons. The number of nitrogens with one attached hydrogen (secondary N) is 1. The largest absolute Gasteiger partial charge is 0.463 e. The quantitative estimate of drug-likeness (QED) is 0.678. The molecule has 1 N–H and O–H groups in total. The van der Waals surface area contributed by atoms with Crippen molar-refractivity contribution in [2.24, 2.45) is 0 Å². The van der Waals surface area contributed by atoms with Gasteiger partial charge in [0.1, 0.15) is 17.0 Å². The second-order valence-corrected chi connectivity index (χ2v) is 8.87. The lowest BCUT2D eigenvalue weighted by Crippen LogP contribution is -2.65. The van der Waals surface area contributed by atoms with E-state index in [1.54, 1.807) is 11.2 Å². The van der Waals surface area contributed by atoms with Crippen LogP contribution in [0, 0.1) is 6.92 Å². The van der Waals surface area contributed by atoms with E-state index >= 15 is 0 Å². The molecule has 3 aromatic rings. The number of hydrogen-bond donors (Lipinski definition) is 1. The number of hydrogen-bond acceptors (Lipinski definition) is 3. The van der Waals surface area contributed by atoms with Crippen molar-refractivity contribution in [2.45, 2.75) is 57.7 Å². The first-order valence-corrected chi connectivity index (χ1v) is 10.9. The fourth-order valence-electron chi connectivity index (χ4n) is 4.86. The van der Waals surface area contributed by atoms with Crippen LogP contribution in [-0.4, -0.2) is 28.0 Å². The Balaban J connectivity index is 1.60. The minimum absolute atomic E-state index is 0.113. The maximum absolute atomic E-state index is 13.7. The molecule has 1 atom stereocenters. The van der Waals surface area contributed by atoms with Crippen LogP contribution in [0.1, 0.15) is 48.7 Å². The van der Waals surface area contributed by atoms with Gasteiger partial charge in [0, 0.05) is 11.7 Å². The Bertz CT molecular complexity index is 1110. The molecule has 2 aromatic heterocycles. The van der Waals surface area contributed by atoms with E-state index in [2.05, 4.69) is 5.32 Å². The molecule has 1 aromatic carbocycles. The van der Waals surface area contributed by atoms with Crippen LogP contribution in [-0.2, 0) is 11.3 Å². The first kappa shape index (κ1) is 19.7. The molecule has 6 heteroatoms. The summed E-state index contributed by atoms with van der Waals surface area (Å²) in [6.45, 7) is 4.22. The zero-order valence-electron chi connectivity index (χ0n) is 17.9. The summed E-state index contributed by atoms with van der Waals surface area (Å²) >= 11 is 0. The summed E-state index contributed by atoms with van der Waals surface area (Å²) in [6.07, 6.45) is 5.86. The maximum atomic E-state index is 13.7. The van der Waals surface area contributed by atoms with Crippen LogP contribution in [0.3, 0.4) is 0 Å².